The Kier molecular flexibility index (Phi) is 12.7. The average molecular weight is 286 g/mol. The lowest BCUT2D eigenvalue weighted by Crippen LogP contribution is -2.41. The molecule has 0 saturated carbocycles. The van der Waals surface area contributed by atoms with Crippen molar-refractivity contribution in [2.24, 2.45) is 10.9 Å². The molecule has 5 heteroatoms. The summed E-state index contributed by atoms with van der Waals surface area (Å²) < 4.78 is 5.05. The van der Waals surface area contributed by atoms with Crippen molar-refractivity contribution in [1.82, 2.24) is 15.5 Å². The molecule has 0 aromatic carbocycles. The second-order valence-corrected chi connectivity index (χ2v) is 5.61. The molecule has 0 atom stereocenters. The van der Waals surface area contributed by atoms with E-state index in [0.29, 0.717) is 0 Å². The summed E-state index contributed by atoms with van der Waals surface area (Å²) in [6.07, 6.45) is 3.52. The van der Waals surface area contributed by atoms with E-state index in [1.54, 1.807) is 7.11 Å². The molecule has 0 aliphatic heterocycles. The van der Waals surface area contributed by atoms with Crippen LogP contribution in [0, 0.1) is 5.92 Å². The number of aliphatic imine (C=N–C) groups is 1. The number of guanidine groups is 1. The Balaban J connectivity index is 3.59. The topological polar surface area (TPSA) is 48.9 Å². The van der Waals surface area contributed by atoms with Crippen LogP contribution in [0.1, 0.15) is 33.1 Å². The predicted molar refractivity (Wildman–Crippen MR) is 87.4 cm³/mol. The Morgan fingerprint density at radius 1 is 1.15 bits per heavy atom. The van der Waals surface area contributed by atoms with E-state index in [4.69, 9.17) is 4.74 Å². The molecule has 2 N–H and O–H groups in total. The molecule has 0 aromatic rings. The van der Waals surface area contributed by atoms with E-state index in [1.165, 1.54) is 12.8 Å². The smallest absolute Gasteiger partial charge is 0.191 e. The van der Waals surface area contributed by atoms with E-state index in [2.05, 4.69) is 41.4 Å². The maximum atomic E-state index is 5.05. The highest BCUT2D eigenvalue weighted by Crippen LogP contribution is 2.01. The molecule has 0 aromatic heterocycles. The van der Waals surface area contributed by atoms with Crippen LogP contribution in [0.2, 0.25) is 0 Å². The van der Waals surface area contributed by atoms with E-state index in [0.717, 1.165) is 51.1 Å². The van der Waals surface area contributed by atoms with Gasteiger partial charge >= 0.3 is 0 Å². The van der Waals surface area contributed by atoms with Gasteiger partial charge in [-0.2, -0.15) is 0 Å². The first-order valence-corrected chi connectivity index (χ1v) is 7.72. The van der Waals surface area contributed by atoms with E-state index in [1.807, 2.05) is 7.05 Å². The largest absolute Gasteiger partial charge is 0.385 e. The lowest BCUT2D eigenvalue weighted by atomic mass is 10.1. The van der Waals surface area contributed by atoms with Gasteiger partial charge in [-0.3, -0.25) is 4.99 Å². The summed E-state index contributed by atoms with van der Waals surface area (Å²) in [6.45, 7) is 9.32. The zero-order valence-corrected chi connectivity index (χ0v) is 14.0. The van der Waals surface area contributed by atoms with Crippen molar-refractivity contribution in [2.45, 2.75) is 33.1 Å². The van der Waals surface area contributed by atoms with Crippen LogP contribution in [-0.2, 0) is 4.74 Å². The molecule has 20 heavy (non-hydrogen) atoms. The molecule has 0 unspecified atom stereocenters. The van der Waals surface area contributed by atoms with Crippen molar-refractivity contribution in [3.05, 3.63) is 0 Å². The van der Waals surface area contributed by atoms with Gasteiger partial charge in [-0.15, -0.1) is 0 Å². The fraction of sp³-hybridized carbons (Fsp3) is 0.933. The second-order valence-electron chi connectivity index (χ2n) is 5.61. The van der Waals surface area contributed by atoms with E-state index >= 15 is 0 Å². The zero-order valence-electron chi connectivity index (χ0n) is 14.0. The number of ether oxygens (including phenoxy) is 1. The van der Waals surface area contributed by atoms with Crippen LogP contribution in [0.15, 0.2) is 4.99 Å². The Morgan fingerprint density at radius 3 is 2.45 bits per heavy atom. The van der Waals surface area contributed by atoms with Crippen molar-refractivity contribution in [1.29, 1.82) is 0 Å². The Bertz CT molecular complexity index is 244. The molecule has 0 rings (SSSR count). The fourth-order valence-electron chi connectivity index (χ4n) is 1.89. The molecule has 0 fully saturated rings. The van der Waals surface area contributed by atoms with Gasteiger partial charge in [-0.05, 0) is 32.2 Å². The van der Waals surface area contributed by atoms with Crippen molar-refractivity contribution >= 4 is 5.96 Å². The number of hydrogen-bond donors (Lipinski definition) is 2. The normalized spacial score (nSPS) is 12.2. The minimum Gasteiger partial charge on any atom is -0.385 e. The van der Waals surface area contributed by atoms with E-state index < -0.39 is 0 Å². The highest BCUT2D eigenvalue weighted by atomic mass is 16.5. The van der Waals surface area contributed by atoms with Crippen LogP contribution < -0.4 is 10.6 Å². The number of nitrogens with zero attached hydrogens (tertiary/aromatic N) is 2. The number of hydrogen-bond acceptors (Lipinski definition) is 3. The van der Waals surface area contributed by atoms with Gasteiger partial charge in [0.1, 0.15) is 0 Å². The van der Waals surface area contributed by atoms with Gasteiger partial charge in [0.15, 0.2) is 5.96 Å². The van der Waals surface area contributed by atoms with Gasteiger partial charge in [0, 0.05) is 46.9 Å². The predicted octanol–water partition coefficient (Wildman–Crippen LogP) is 1.56. The summed E-state index contributed by atoms with van der Waals surface area (Å²) in [5.74, 6) is 1.67. The van der Waals surface area contributed by atoms with Crippen molar-refractivity contribution in [3.63, 3.8) is 0 Å². The summed E-state index contributed by atoms with van der Waals surface area (Å²) >= 11 is 0. The molecular formula is C15H34N4O. The van der Waals surface area contributed by atoms with Crippen molar-refractivity contribution < 1.29 is 4.74 Å². The third-order valence-corrected chi connectivity index (χ3v) is 3.15. The summed E-state index contributed by atoms with van der Waals surface area (Å²) in [7, 11) is 5.70. The minimum atomic E-state index is 0.771. The first kappa shape index (κ1) is 19.2. The van der Waals surface area contributed by atoms with Crippen LogP contribution in [0.4, 0.5) is 0 Å². The molecule has 0 heterocycles. The summed E-state index contributed by atoms with van der Waals surface area (Å²) in [5.41, 5.74) is 0. The Labute approximate surface area is 125 Å². The van der Waals surface area contributed by atoms with Gasteiger partial charge < -0.3 is 20.3 Å². The third-order valence-electron chi connectivity index (χ3n) is 3.15. The third kappa shape index (κ3) is 12.2. The molecule has 0 spiro atoms. The molecular weight excluding hydrogens is 252 g/mol. The lowest BCUT2D eigenvalue weighted by molar-refractivity contribution is 0.180. The van der Waals surface area contributed by atoms with Gasteiger partial charge in [-0.25, -0.2) is 0 Å². The summed E-state index contributed by atoms with van der Waals surface area (Å²) in [4.78, 5) is 6.54. The molecule has 0 aliphatic carbocycles. The summed E-state index contributed by atoms with van der Waals surface area (Å²) in [6, 6.07) is 0. The van der Waals surface area contributed by atoms with E-state index in [-0.39, 0.29) is 0 Å². The monoisotopic (exact) mass is 286 g/mol. The van der Waals surface area contributed by atoms with Crippen LogP contribution in [-0.4, -0.2) is 64.9 Å². The first-order valence-electron chi connectivity index (χ1n) is 7.72. The van der Waals surface area contributed by atoms with Crippen LogP contribution in [0.25, 0.3) is 0 Å². The molecule has 0 amide bonds. The maximum absolute atomic E-state index is 5.05. The second kappa shape index (κ2) is 13.2. The van der Waals surface area contributed by atoms with Gasteiger partial charge in [0.05, 0.1) is 0 Å². The fourth-order valence-corrected chi connectivity index (χ4v) is 1.89. The summed E-state index contributed by atoms with van der Waals surface area (Å²) in [5, 5.41) is 6.70. The molecule has 0 saturated heterocycles. The number of likely N-dealkylation sites (N-methyl/N-ethyl adjacent to an activating group) is 1. The Hall–Kier alpha value is -0.810. The highest BCUT2D eigenvalue weighted by Gasteiger charge is 2.00. The van der Waals surface area contributed by atoms with Crippen LogP contribution in [0.5, 0.6) is 0 Å². The van der Waals surface area contributed by atoms with Crippen LogP contribution in [0.3, 0.4) is 0 Å². The SMILES string of the molecule is CN=C(NCCCC(C)C)NCCN(C)CCCOC. The molecule has 0 bridgehead atoms. The Morgan fingerprint density at radius 2 is 1.85 bits per heavy atom. The number of methoxy groups -OCH3 is 1. The van der Waals surface area contributed by atoms with Crippen molar-refractivity contribution in [2.75, 3.05) is 54.0 Å². The molecule has 0 aliphatic rings. The standard InChI is InChI=1S/C15H34N4O/c1-14(2)8-6-9-17-15(16-3)18-10-12-19(4)11-7-13-20-5/h14H,6-13H2,1-5H3,(H2,16,17,18). The lowest BCUT2D eigenvalue weighted by Gasteiger charge is -2.18. The quantitative estimate of drug-likeness (QED) is 0.344. The molecule has 120 valence electrons. The molecule has 5 nitrogen and oxygen atoms in total. The maximum Gasteiger partial charge on any atom is 0.191 e. The minimum absolute atomic E-state index is 0.771. The molecule has 0 radical (unpaired) electrons. The first-order chi connectivity index (χ1) is 9.60. The van der Waals surface area contributed by atoms with Gasteiger partial charge in [-0.1, -0.05) is 13.8 Å². The van der Waals surface area contributed by atoms with Crippen LogP contribution >= 0.6 is 0 Å². The van der Waals surface area contributed by atoms with Gasteiger partial charge in [0.2, 0.25) is 0 Å². The average Bonchev–Trinajstić information content (AvgIpc) is 2.41. The number of rotatable bonds is 11. The highest BCUT2D eigenvalue weighted by molar-refractivity contribution is 5.79. The van der Waals surface area contributed by atoms with Gasteiger partial charge in [0.25, 0.3) is 0 Å². The number of nitrogens with one attached hydrogen (secondary N) is 2. The van der Waals surface area contributed by atoms with Crippen molar-refractivity contribution in [3.8, 4) is 0 Å². The van der Waals surface area contributed by atoms with E-state index in [9.17, 15) is 0 Å². The zero-order chi connectivity index (χ0) is 15.2.